The second-order valence-corrected chi connectivity index (χ2v) is 4.85. The van der Waals surface area contributed by atoms with Crippen molar-refractivity contribution >= 4 is 22.4 Å². The molecule has 0 saturated carbocycles. The number of carbonyl (C=O) groups is 1. The molecule has 7 nitrogen and oxygen atoms in total. The highest BCUT2D eigenvalue weighted by Gasteiger charge is 2.13. The van der Waals surface area contributed by atoms with Crippen LogP contribution in [0.2, 0.25) is 0 Å². The predicted octanol–water partition coefficient (Wildman–Crippen LogP) is 1.50. The largest absolute Gasteiger partial charge is 0.444 e. The number of oxazole rings is 1. The fourth-order valence-corrected chi connectivity index (χ4v) is 2.11. The Hall–Kier alpha value is -1.96. The summed E-state index contributed by atoms with van der Waals surface area (Å²) >= 11 is 1.21. The third kappa shape index (κ3) is 3.28. The lowest BCUT2D eigenvalue weighted by molar-refractivity contribution is 0.0946. The van der Waals surface area contributed by atoms with Crippen LogP contribution in [0.15, 0.2) is 4.42 Å². The summed E-state index contributed by atoms with van der Waals surface area (Å²) in [6, 6.07) is 0. The van der Waals surface area contributed by atoms with Gasteiger partial charge in [-0.15, -0.1) is 10.2 Å². The second-order valence-electron chi connectivity index (χ2n) is 3.87. The molecule has 2 aromatic rings. The van der Waals surface area contributed by atoms with E-state index < -0.39 is 0 Å². The van der Waals surface area contributed by atoms with Crippen molar-refractivity contribution in [2.24, 2.45) is 0 Å². The van der Waals surface area contributed by atoms with Gasteiger partial charge in [0.2, 0.25) is 16.0 Å². The lowest BCUT2D eigenvalue weighted by atomic mass is 10.4. The topological polar surface area (TPSA) is 92.9 Å². The average molecular weight is 281 g/mol. The Labute approximate surface area is 114 Å². The molecule has 8 heteroatoms. The summed E-state index contributed by atoms with van der Waals surface area (Å²) in [5, 5.41) is 14.3. The molecule has 0 bridgehead atoms. The lowest BCUT2D eigenvalue weighted by Gasteiger charge is -1.98. The molecule has 0 unspecified atom stereocenters. The zero-order valence-electron chi connectivity index (χ0n) is 11.0. The molecule has 2 aromatic heterocycles. The van der Waals surface area contributed by atoms with Crippen LogP contribution in [-0.2, 0) is 6.54 Å². The predicted molar refractivity (Wildman–Crippen MR) is 71.2 cm³/mol. The molecule has 0 aliphatic heterocycles. The van der Waals surface area contributed by atoms with Gasteiger partial charge < -0.3 is 15.1 Å². The van der Waals surface area contributed by atoms with E-state index >= 15 is 0 Å². The van der Waals surface area contributed by atoms with Crippen LogP contribution in [0, 0.1) is 13.8 Å². The average Bonchev–Trinajstić information content (AvgIpc) is 2.95. The molecule has 2 heterocycles. The normalized spacial score (nSPS) is 10.5. The number of amides is 1. The van der Waals surface area contributed by atoms with Gasteiger partial charge in [-0.05, 0) is 20.8 Å². The maximum Gasteiger partial charge on any atom is 0.282 e. The Balaban J connectivity index is 1.93. The van der Waals surface area contributed by atoms with Gasteiger partial charge in [-0.2, -0.15) is 0 Å². The third-order valence-electron chi connectivity index (χ3n) is 2.42. The highest BCUT2D eigenvalue weighted by atomic mass is 32.1. The molecule has 19 heavy (non-hydrogen) atoms. The molecular weight excluding hydrogens is 266 g/mol. The van der Waals surface area contributed by atoms with Crippen LogP contribution in [-0.4, -0.2) is 27.6 Å². The molecule has 0 saturated heterocycles. The summed E-state index contributed by atoms with van der Waals surface area (Å²) in [6.45, 7) is 6.63. The van der Waals surface area contributed by atoms with Crippen molar-refractivity contribution in [3.05, 3.63) is 22.4 Å². The monoisotopic (exact) mass is 281 g/mol. The Kier molecular flexibility index (Phi) is 4.10. The second kappa shape index (κ2) is 5.79. The van der Waals surface area contributed by atoms with Gasteiger partial charge in [0.15, 0.2) is 0 Å². The summed E-state index contributed by atoms with van der Waals surface area (Å²) in [4.78, 5) is 16.0. The molecule has 0 radical (unpaired) electrons. The summed E-state index contributed by atoms with van der Waals surface area (Å²) in [5.41, 5.74) is 0.828. The Morgan fingerprint density at radius 2 is 2.16 bits per heavy atom. The standard InChI is InChI=1S/C11H15N5O2S/c1-4-12-11-16-15-10(19-11)9(17)13-5-8-14-6(2)7(3)18-8/h4-5H2,1-3H3,(H,12,16)(H,13,17). The minimum Gasteiger partial charge on any atom is -0.444 e. The van der Waals surface area contributed by atoms with Crippen molar-refractivity contribution in [1.29, 1.82) is 0 Å². The molecule has 102 valence electrons. The maximum absolute atomic E-state index is 11.8. The minimum absolute atomic E-state index is 0.240. The SMILES string of the molecule is CCNc1nnc(C(=O)NCc2nc(C)c(C)o2)s1. The number of nitrogens with one attached hydrogen (secondary N) is 2. The molecule has 0 aliphatic rings. The van der Waals surface area contributed by atoms with Crippen molar-refractivity contribution in [1.82, 2.24) is 20.5 Å². The van der Waals surface area contributed by atoms with E-state index in [9.17, 15) is 4.79 Å². The maximum atomic E-state index is 11.8. The van der Waals surface area contributed by atoms with E-state index in [1.807, 2.05) is 20.8 Å². The van der Waals surface area contributed by atoms with Crippen molar-refractivity contribution < 1.29 is 9.21 Å². The molecule has 2 N–H and O–H groups in total. The smallest absolute Gasteiger partial charge is 0.282 e. The number of nitrogens with zero attached hydrogens (tertiary/aromatic N) is 3. The first-order valence-corrected chi connectivity index (χ1v) is 6.70. The van der Waals surface area contributed by atoms with Crippen molar-refractivity contribution in [2.75, 3.05) is 11.9 Å². The van der Waals surface area contributed by atoms with E-state index in [0.29, 0.717) is 16.0 Å². The summed E-state index contributed by atoms with van der Waals surface area (Å²) in [5.74, 6) is 0.963. The minimum atomic E-state index is -0.282. The van der Waals surface area contributed by atoms with Gasteiger partial charge in [0.1, 0.15) is 5.76 Å². The summed E-state index contributed by atoms with van der Waals surface area (Å²) in [7, 11) is 0. The fraction of sp³-hybridized carbons (Fsp3) is 0.455. The van der Waals surface area contributed by atoms with E-state index in [0.717, 1.165) is 18.0 Å². The van der Waals surface area contributed by atoms with Gasteiger partial charge in [-0.3, -0.25) is 4.79 Å². The zero-order valence-corrected chi connectivity index (χ0v) is 11.8. The molecule has 0 spiro atoms. The summed E-state index contributed by atoms with van der Waals surface area (Å²) < 4.78 is 5.37. The highest BCUT2D eigenvalue weighted by Crippen LogP contribution is 2.14. The molecule has 1 amide bonds. The van der Waals surface area contributed by atoms with Crippen LogP contribution < -0.4 is 10.6 Å². The van der Waals surface area contributed by atoms with E-state index in [1.54, 1.807) is 0 Å². The molecule has 2 rings (SSSR count). The zero-order chi connectivity index (χ0) is 13.8. The first-order chi connectivity index (χ1) is 9.10. The van der Waals surface area contributed by atoms with Crippen LogP contribution in [0.4, 0.5) is 5.13 Å². The Morgan fingerprint density at radius 3 is 2.79 bits per heavy atom. The first kappa shape index (κ1) is 13.5. The highest BCUT2D eigenvalue weighted by molar-refractivity contribution is 7.17. The van der Waals surface area contributed by atoms with Crippen LogP contribution in [0.1, 0.15) is 34.1 Å². The van der Waals surface area contributed by atoms with E-state index in [2.05, 4.69) is 25.8 Å². The van der Waals surface area contributed by atoms with Gasteiger partial charge >= 0.3 is 0 Å². The number of aryl methyl sites for hydroxylation is 2. The molecule has 0 aromatic carbocycles. The van der Waals surface area contributed by atoms with Crippen molar-refractivity contribution in [2.45, 2.75) is 27.3 Å². The third-order valence-corrected chi connectivity index (χ3v) is 3.30. The molecule has 0 atom stereocenters. The van der Waals surface area contributed by atoms with Gasteiger partial charge in [0, 0.05) is 6.54 Å². The number of aromatic nitrogens is 3. The summed E-state index contributed by atoms with van der Waals surface area (Å²) in [6.07, 6.45) is 0. The number of anilines is 1. The molecular formula is C11H15N5O2S. The van der Waals surface area contributed by atoms with Crippen LogP contribution in [0.25, 0.3) is 0 Å². The quantitative estimate of drug-likeness (QED) is 0.862. The number of carbonyl (C=O) groups excluding carboxylic acids is 1. The van der Waals surface area contributed by atoms with Gasteiger partial charge in [0.25, 0.3) is 5.91 Å². The number of hydrogen-bond acceptors (Lipinski definition) is 7. The number of hydrogen-bond donors (Lipinski definition) is 2. The van der Waals surface area contributed by atoms with Crippen LogP contribution >= 0.6 is 11.3 Å². The van der Waals surface area contributed by atoms with E-state index in [-0.39, 0.29) is 12.5 Å². The molecule has 0 aliphatic carbocycles. The van der Waals surface area contributed by atoms with Gasteiger partial charge in [0.05, 0.1) is 12.2 Å². The Bertz CT molecular complexity index is 558. The fourth-order valence-electron chi connectivity index (χ4n) is 1.38. The van der Waals surface area contributed by atoms with Crippen LogP contribution in [0.3, 0.4) is 0 Å². The lowest BCUT2D eigenvalue weighted by Crippen LogP contribution is -2.22. The van der Waals surface area contributed by atoms with E-state index in [1.165, 1.54) is 11.3 Å². The molecule has 0 fully saturated rings. The van der Waals surface area contributed by atoms with Gasteiger partial charge in [-0.1, -0.05) is 11.3 Å². The van der Waals surface area contributed by atoms with E-state index in [4.69, 9.17) is 4.42 Å². The van der Waals surface area contributed by atoms with Crippen molar-refractivity contribution in [3.8, 4) is 0 Å². The number of rotatable bonds is 5. The van der Waals surface area contributed by atoms with Crippen molar-refractivity contribution in [3.63, 3.8) is 0 Å². The van der Waals surface area contributed by atoms with Crippen LogP contribution in [0.5, 0.6) is 0 Å². The Morgan fingerprint density at radius 1 is 1.37 bits per heavy atom. The van der Waals surface area contributed by atoms with Gasteiger partial charge in [-0.25, -0.2) is 4.98 Å². The first-order valence-electron chi connectivity index (χ1n) is 5.88.